The Morgan fingerprint density at radius 1 is 0.548 bits per heavy atom. The first-order valence-electron chi connectivity index (χ1n) is 21.6. The molecule has 0 saturated carbocycles. The summed E-state index contributed by atoms with van der Waals surface area (Å²) in [5.74, 6) is 3.15. The van der Waals surface area contributed by atoms with Crippen LogP contribution in [0.3, 0.4) is 0 Å². The molecule has 12 rings (SSSR count). The Balaban J connectivity index is 1.07. The maximum Gasteiger partial charge on any atom is 0.238 e. The normalized spacial score (nSPS) is 15.2. The molecule has 0 saturated heterocycles. The lowest BCUT2D eigenvalue weighted by atomic mass is 9.80. The zero-order valence-corrected chi connectivity index (χ0v) is 34.2. The molecule has 1 aliphatic rings. The summed E-state index contributed by atoms with van der Waals surface area (Å²) in [6, 6.07) is 55.6. The van der Waals surface area contributed by atoms with E-state index >= 15 is 0 Å². The second-order valence-electron chi connectivity index (χ2n) is 16.5. The van der Waals surface area contributed by atoms with E-state index in [0.29, 0.717) is 29.9 Å². The third-order valence-corrected chi connectivity index (χ3v) is 12.8. The predicted octanol–water partition coefficient (Wildman–Crippen LogP) is 13.9. The summed E-state index contributed by atoms with van der Waals surface area (Å²) in [5, 5.41) is 9.16. The van der Waals surface area contributed by atoms with Crippen molar-refractivity contribution in [2.45, 2.75) is 32.1 Å². The highest BCUT2D eigenvalue weighted by molar-refractivity contribution is 6.10. The van der Waals surface area contributed by atoms with E-state index in [4.69, 9.17) is 24.4 Å². The highest BCUT2D eigenvalue weighted by Gasteiger charge is 2.26. The Kier molecular flexibility index (Phi) is 8.63. The number of allylic oxidation sites excluding steroid dienone is 4. The molecule has 0 radical (unpaired) electrons. The summed E-state index contributed by atoms with van der Waals surface area (Å²) in [4.78, 5) is 21.2. The van der Waals surface area contributed by atoms with Gasteiger partial charge in [-0.2, -0.15) is 9.97 Å². The van der Waals surface area contributed by atoms with Crippen LogP contribution in [-0.2, 0) is 12.8 Å². The minimum absolute atomic E-state index is 0.208. The van der Waals surface area contributed by atoms with Gasteiger partial charge in [-0.1, -0.05) is 171 Å². The first-order chi connectivity index (χ1) is 30.6. The van der Waals surface area contributed by atoms with Crippen LogP contribution >= 0.6 is 0 Å². The highest BCUT2D eigenvalue weighted by Crippen LogP contribution is 2.41. The number of nitrogens with zero attached hydrogens (tertiary/aromatic N) is 5. The van der Waals surface area contributed by atoms with Crippen molar-refractivity contribution in [1.29, 1.82) is 0 Å². The van der Waals surface area contributed by atoms with Crippen LogP contribution in [0.4, 0.5) is 0 Å². The van der Waals surface area contributed by atoms with Crippen molar-refractivity contribution >= 4 is 65.2 Å². The standard InChI is InChI=1S/C56H41N5O/c1-35-14-2-7-20-41(35)44-31-32-47-45-23-10-11-26-49(45)61(53(47)46(44)24-13-27-51-57-52-43-22-9-6-17-38(43)30-33-50(52)62-51)56-59-54(40-29-28-36-15-3-4-18-39(36)34-40)58-55(60-56)48-25-12-19-37-16-5-8-21-42(37)48/h2-12,14-23,25-26,28-35,41H,13,24,27H2,1H3. The van der Waals surface area contributed by atoms with Gasteiger partial charge in [0.05, 0.1) is 11.0 Å². The highest BCUT2D eigenvalue weighted by atomic mass is 16.3. The summed E-state index contributed by atoms with van der Waals surface area (Å²) in [5.41, 5.74) is 8.44. The van der Waals surface area contributed by atoms with Crippen LogP contribution in [0, 0.1) is 5.92 Å². The van der Waals surface area contributed by atoms with E-state index in [0.717, 1.165) is 78.9 Å². The van der Waals surface area contributed by atoms with E-state index < -0.39 is 0 Å². The topological polar surface area (TPSA) is 69.6 Å². The molecule has 6 heteroatoms. The summed E-state index contributed by atoms with van der Waals surface area (Å²) >= 11 is 0. The molecule has 0 fully saturated rings. The van der Waals surface area contributed by atoms with Crippen LogP contribution in [0.1, 0.15) is 36.3 Å². The molecule has 6 nitrogen and oxygen atoms in total. The van der Waals surface area contributed by atoms with Gasteiger partial charge in [0.2, 0.25) is 5.95 Å². The van der Waals surface area contributed by atoms with E-state index in [1.54, 1.807) is 0 Å². The lowest BCUT2D eigenvalue weighted by Gasteiger charge is -2.25. The number of benzene rings is 8. The number of oxazole rings is 1. The number of hydrogen-bond acceptors (Lipinski definition) is 5. The van der Waals surface area contributed by atoms with Crippen LogP contribution in [0.15, 0.2) is 186 Å². The monoisotopic (exact) mass is 799 g/mol. The Bertz CT molecular complexity index is 3610. The summed E-state index contributed by atoms with van der Waals surface area (Å²) < 4.78 is 8.72. The first-order valence-corrected chi connectivity index (χ1v) is 21.6. The zero-order valence-electron chi connectivity index (χ0n) is 34.2. The molecule has 1 aliphatic carbocycles. The number of para-hydroxylation sites is 1. The molecule has 8 aromatic carbocycles. The lowest BCUT2D eigenvalue weighted by molar-refractivity contribution is 0.519. The average molecular weight is 800 g/mol. The first kappa shape index (κ1) is 36.2. The van der Waals surface area contributed by atoms with Gasteiger partial charge in [-0.05, 0) is 75.0 Å². The van der Waals surface area contributed by atoms with Crippen molar-refractivity contribution in [2.75, 3.05) is 0 Å². The van der Waals surface area contributed by atoms with Crippen LogP contribution in [-0.4, -0.2) is 24.5 Å². The summed E-state index contributed by atoms with van der Waals surface area (Å²) in [6.45, 7) is 2.31. The van der Waals surface area contributed by atoms with Gasteiger partial charge in [0.25, 0.3) is 0 Å². The number of hydrogen-bond donors (Lipinski definition) is 0. The summed E-state index contributed by atoms with van der Waals surface area (Å²) in [6.07, 6.45) is 11.4. The van der Waals surface area contributed by atoms with Crippen molar-refractivity contribution in [2.24, 2.45) is 5.92 Å². The van der Waals surface area contributed by atoms with E-state index in [9.17, 15) is 0 Å². The minimum atomic E-state index is 0.208. The second-order valence-corrected chi connectivity index (χ2v) is 16.5. The van der Waals surface area contributed by atoms with Gasteiger partial charge in [0, 0.05) is 39.6 Å². The van der Waals surface area contributed by atoms with E-state index in [1.807, 2.05) is 6.07 Å². The van der Waals surface area contributed by atoms with Crippen molar-refractivity contribution in [3.63, 3.8) is 0 Å². The fourth-order valence-corrected chi connectivity index (χ4v) is 9.72. The molecule has 2 unspecified atom stereocenters. The van der Waals surface area contributed by atoms with Crippen LogP contribution < -0.4 is 0 Å². The quantitative estimate of drug-likeness (QED) is 0.153. The molecule has 62 heavy (non-hydrogen) atoms. The predicted molar refractivity (Wildman–Crippen MR) is 254 cm³/mol. The minimum Gasteiger partial charge on any atom is -0.441 e. The van der Waals surface area contributed by atoms with Crippen LogP contribution in [0.2, 0.25) is 0 Å². The van der Waals surface area contributed by atoms with Gasteiger partial charge in [-0.3, -0.25) is 4.57 Å². The molecular formula is C56H41N5O. The molecule has 11 aromatic rings. The molecule has 0 spiro atoms. The third kappa shape index (κ3) is 6.09. The Labute approximate surface area is 358 Å². The number of aromatic nitrogens is 5. The van der Waals surface area contributed by atoms with E-state index in [2.05, 4.69) is 187 Å². The molecule has 296 valence electrons. The van der Waals surface area contributed by atoms with Crippen LogP contribution in [0.25, 0.3) is 93.9 Å². The van der Waals surface area contributed by atoms with Gasteiger partial charge in [0.15, 0.2) is 23.1 Å². The number of rotatable bonds is 8. The number of fused-ring (bicyclic) bond motifs is 8. The van der Waals surface area contributed by atoms with Crippen molar-refractivity contribution in [3.05, 3.63) is 199 Å². The molecule has 0 bridgehead atoms. The van der Waals surface area contributed by atoms with Crippen molar-refractivity contribution in [1.82, 2.24) is 24.5 Å². The van der Waals surface area contributed by atoms with E-state index in [1.165, 1.54) is 27.3 Å². The zero-order chi connectivity index (χ0) is 41.1. The number of aryl methyl sites for hydroxylation is 2. The SMILES string of the molecule is CC1C=CC=CC1c1ccc2c3ccccc3n(-c3nc(-c4ccc5ccccc5c4)nc(-c4cccc5ccccc45)n3)c2c1CCCc1nc2c(ccc3ccccc32)o1. The van der Waals surface area contributed by atoms with E-state index in [-0.39, 0.29) is 5.92 Å². The molecule has 3 heterocycles. The van der Waals surface area contributed by atoms with Crippen LogP contribution in [0.5, 0.6) is 0 Å². The lowest BCUT2D eigenvalue weighted by Crippen LogP contribution is -2.12. The Morgan fingerprint density at radius 3 is 2.13 bits per heavy atom. The van der Waals surface area contributed by atoms with Crippen molar-refractivity contribution < 1.29 is 4.42 Å². The van der Waals surface area contributed by atoms with Gasteiger partial charge < -0.3 is 4.42 Å². The molecule has 0 N–H and O–H groups in total. The Morgan fingerprint density at radius 2 is 1.26 bits per heavy atom. The third-order valence-electron chi connectivity index (χ3n) is 12.8. The molecule has 0 aliphatic heterocycles. The molecule has 3 aromatic heterocycles. The fourth-order valence-electron chi connectivity index (χ4n) is 9.72. The molecule has 2 atom stereocenters. The maximum absolute atomic E-state index is 6.41. The van der Waals surface area contributed by atoms with Gasteiger partial charge in [-0.15, -0.1) is 0 Å². The molecular weight excluding hydrogens is 759 g/mol. The van der Waals surface area contributed by atoms with Gasteiger partial charge in [0.1, 0.15) is 5.52 Å². The largest absolute Gasteiger partial charge is 0.441 e. The van der Waals surface area contributed by atoms with Gasteiger partial charge >= 0.3 is 0 Å². The van der Waals surface area contributed by atoms with Gasteiger partial charge in [-0.25, -0.2) is 9.97 Å². The molecule has 0 amide bonds. The fraction of sp³-hybridized carbons (Fsp3) is 0.107. The van der Waals surface area contributed by atoms with Crippen molar-refractivity contribution in [3.8, 4) is 28.7 Å². The second kappa shape index (κ2) is 14.8. The Hall–Kier alpha value is -7.70. The smallest absolute Gasteiger partial charge is 0.238 e. The summed E-state index contributed by atoms with van der Waals surface area (Å²) in [7, 11) is 0. The average Bonchev–Trinajstić information content (AvgIpc) is 3.91. The maximum atomic E-state index is 6.41.